The molecule has 0 heterocycles. The first kappa shape index (κ1) is 15.0. The van der Waals surface area contributed by atoms with Crippen molar-refractivity contribution in [1.82, 2.24) is 0 Å². The quantitative estimate of drug-likeness (QED) is 0.533. The average Bonchev–Trinajstić information content (AvgIpc) is 2.02. The summed E-state index contributed by atoms with van der Waals surface area (Å²) in [5, 5.41) is 0.386. The van der Waals surface area contributed by atoms with Crippen molar-refractivity contribution in [1.29, 1.82) is 0 Å². The maximum atomic E-state index is 6.15. The molecule has 0 atom stereocenters. The third-order valence-corrected chi connectivity index (χ3v) is 11.4. The van der Waals surface area contributed by atoms with Crippen LogP contribution in [0, 0.1) is 0 Å². The van der Waals surface area contributed by atoms with Gasteiger partial charge in [0.05, 0.1) is 0 Å². The number of rotatable bonds is 6. The molecule has 0 fully saturated rings. The molecule has 0 aliphatic heterocycles. The molecule has 0 aromatic rings. The van der Waals surface area contributed by atoms with Crippen molar-refractivity contribution in [2.24, 2.45) is 0 Å². The molecule has 0 saturated heterocycles. The van der Waals surface area contributed by atoms with E-state index in [1.165, 1.54) is 17.3 Å². The van der Waals surface area contributed by atoms with Gasteiger partial charge in [0, 0.05) is 0 Å². The minimum absolute atomic E-state index is 0.185. The average molecular weight is 321 g/mol. The standard InChI is InChI=1S/C7H17OSi.C4H9.Sn/c1-7(2,3)9(5,6)8-4;1-3-4-2;/h4H2,1-3,5-6H3;1,3-4H2,2H3;. The SMILES string of the molecule is CCC[CH2][Sn][CH2]O[Si](C)(C)C(C)(C)C. The van der Waals surface area contributed by atoms with Gasteiger partial charge in [-0.05, 0) is 0 Å². The van der Waals surface area contributed by atoms with Gasteiger partial charge < -0.3 is 0 Å². The van der Waals surface area contributed by atoms with Gasteiger partial charge in [0.2, 0.25) is 0 Å². The third kappa shape index (κ3) is 5.76. The van der Waals surface area contributed by atoms with Gasteiger partial charge >= 0.3 is 102 Å². The summed E-state index contributed by atoms with van der Waals surface area (Å²) in [5.41, 5.74) is 0. The summed E-state index contributed by atoms with van der Waals surface area (Å²) < 4.78 is 8.79. The Balaban J connectivity index is 3.67. The van der Waals surface area contributed by atoms with Gasteiger partial charge in [-0.1, -0.05) is 0 Å². The molecule has 0 unspecified atom stereocenters. The van der Waals surface area contributed by atoms with Crippen LogP contribution in [0.15, 0.2) is 0 Å². The van der Waals surface area contributed by atoms with E-state index in [-0.39, 0.29) is 21.1 Å². The fourth-order valence-electron chi connectivity index (χ4n) is 0.822. The summed E-state index contributed by atoms with van der Waals surface area (Å²) in [6.45, 7) is 13.9. The number of hydrogen-bond donors (Lipinski definition) is 0. The van der Waals surface area contributed by atoms with E-state index in [4.69, 9.17) is 4.43 Å². The first-order valence-electron chi connectivity index (χ1n) is 5.66. The zero-order valence-corrected chi connectivity index (χ0v) is 14.6. The molecule has 0 rings (SSSR count). The predicted molar refractivity (Wildman–Crippen MR) is 68.6 cm³/mol. The van der Waals surface area contributed by atoms with Gasteiger partial charge in [0.1, 0.15) is 0 Å². The van der Waals surface area contributed by atoms with E-state index >= 15 is 0 Å². The van der Waals surface area contributed by atoms with Crippen LogP contribution in [-0.2, 0) is 4.43 Å². The molecule has 14 heavy (non-hydrogen) atoms. The van der Waals surface area contributed by atoms with Crippen LogP contribution in [0.4, 0.5) is 0 Å². The third-order valence-electron chi connectivity index (χ3n) is 3.05. The van der Waals surface area contributed by atoms with Crippen LogP contribution in [0.2, 0.25) is 22.6 Å². The molecule has 0 aromatic heterocycles. The Kier molecular flexibility index (Phi) is 6.99. The summed E-state index contributed by atoms with van der Waals surface area (Å²) in [6.07, 6.45) is 2.77. The van der Waals surface area contributed by atoms with Crippen LogP contribution >= 0.6 is 0 Å². The number of unbranched alkanes of at least 4 members (excludes halogenated alkanes) is 1. The molecule has 0 saturated carbocycles. The molecular formula is C11H26OSiSn. The van der Waals surface area contributed by atoms with Gasteiger partial charge in [-0.25, -0.2) is 0 Å². The molecule has 0 aliphatic carbocycles. The Bertz CT molecular complexity index is 152. The Morgan fingerprint density at radius 1 is 1.21 bits per heavy atom. The summed E-state index contributed by atoms with van der Waals surface area (Å²) >= 11 is -0.185. The molecule has 0 aliphatic rings. The molecule has 84 valence electrons. The summed E-state index contributed by atoms with van der Waals surface area (Å²) in [5.74, 6) is 0. The van der Waals surface area contributed by atoms with Crippen LogP contribution in [0.25, 0.3) is 0 Å². The van der Waals surface area contributed by atoms with Crippen LogP contribution in [0.5, 0.6) is 0 Å². The molecule has 0 amide bonds. The van der Waals surface area contributed by atoms with Crippen molar-refractivity contribution in [3.63, 3.8) is 0 Å². The van der Waals surface area contributed by atoms with Crippen LogP contribution in [0.1, 0.15) is 40.5 Å². The first-order chi connectivity index (χ1) is 6.31. The monoisotopic (exact) mass is 322 g/mol. The molecule has 0 bridgehead atoms. The minimum atomic E-state index is -1.42. The molecule has 1 nitrogen and oxygen atoms in total. The summed E-state index contributed by atoms with van der Waals surface area (Å²) in [7, 11) is -1.42. The van der Waals surface area contributed by atoms with Crippen molar-refractivity contribution in [3.8, 4) is 0 Å². The fourth-order valence-corrected chi connectivity index (χ4v) is 7.82. The Labute approximate surface area is 101 Å². The van der Waals surface area contributed by atoms with Gasteiger partial charge in [-0.15, -0.1) is 0 Å². The molecular weight excluding hydrogens is 295 g/mol. The molecule has 0 N–H and O–H groups in total. The van der Waals surface area contributed by atoms with E-state index in [0.29, 0.717) is 5.04 Å². The number of hydrogen-bond acceptors (Lipinski definition) is 1. The maximum absolute atomic E-state index is 6.15. The Hall–Kier alpha value is 0.976. The fraction of sp³-hybridized carbons (Fsp3) is 1.00. The van der Waals surface area contributed by atoms with Crippen molar-refractivity contribution in [3.05, 3.63) is 0 Å². The Morgan fingerprint density at radius 2 is 1.79 bits per heavy atom. The predicted octanol–water partition coefficient (Wildman–Crippen LogP) is 3.89. The van der Waals surface area contributed by atoms with Gasteiger partial charge in [-0.2, -0.15) is 0 Å². The second kappa shape index (κ2) is 6.53. The van der Waals surface area contributed by atoms with Crippen LogP contribution in [-0.4, -0.2) is 34.1 Å². The van der Waals surface area contributed by atoms with Crippen LogP contribution in [0.3, 0.4) is 0 Å². The van der Waals surface area contributed by atoms with Gasteiger partial charge in [0.15, 0.2) is 0 Å². The van der Waals surface area contributed by atoms with E-state index in [9.17, 15) is 0 Å². The molecule has 3 heteroatoms. The summed E-state index contributed by atoms with van der Waals surface area (Å²) in [4.78, 5) is 0. The van der Waals surface area contributed by atoms with Crippen molar-refractivity contribution in [2.75, 3.05) is 4.62 Å². The van der Waals surface area contributed by atoms with E-state index < -0.39 is 8.32 Å². The van der Waals surface area contributed by atoms with Crippen LogP contribution < -0.4 is 0 Å². The Morgan fingerprint density at radius 3 is 2.21 bits per heavy atom. The molecule has 0 aromatic carbocycles. The van der Waals surface area contributed by atoms with E-state index in [2.05, 4.69) is 40.8 Å². The van der Waals surface area contributed by atoms with Crippen molar-refractivity contribution < 1.29 is 4.43 Å². The van der Waals surface area contributed by atoms with Gasteiger partial charge in [-0.3, -0.25) is 0 Å². The second-order valence-electron chi connectivity index (χ2n) is 5.40. The first-order valence-corrected chi connectivity index (χ1v) is 12.6. The van der Waals surface area contributed by atoms with E-state index in [1.54, 1.807) is 0 Å². The van der Waals surface area contributed by atoms with E-state index in [0.717, 1.165) is 4.62 Å². The van der Waals surface area contributed by atoms with Gasteiger partial charge in [0.25, 0.3) is 0 Å². The normalized spacial score (nSPS) is 13.3. The molecule has 0 spiro atoms. The molecule has 2 radical (unpaired) electrons. The zero-order valence-electron chi connectivity index (χ0n) is 10.7. The zero-order chi connectivity index (χ0) is 11.2. The van der Waals surface area contributed by atoms with Crippen molar-refractivity contribution >= 4 is 29.5 Å². The van der Waals surface area contributed by atoms with E-state index in [1.807, 2.05) is 0 Å². The summed E-state index contributed by atoms with van der Waals surface area (Å²) in [6, 6.07) is 0. The second-order valence-corrected chi connectivity index (χ2v) is 13.9. The van der Waals surface area contributed by atoms with Crippen molar-refractivity contribution in [2.45, 2.75) is 63.1 Å². The topological polar surface area (TPSA) is 9.23 Å².